The van der Waals surface area contributed by atoms with Gasteiger partial charge in [-0.05, 0) is 63.3 Å². The fourth-order valence-corrected chi connectivity index (χ4v) is 5.00. The highest BCUT2D eigenvalue weighted by atomic mass is 35.5. The molecule has 0 atom stereocenters. The van der Waals surface area contributed by atoms with Crippen LogP contribution in [0.3, 0.4) is 0 Å². The topological polar surface area (TPSA) is 73.6 Å². The molecule has 9 heteroatoms. The minimum Gasteiger partial charge on any atom is -0.365 e. The number of benzene rings is 2. The second kappa shape index (κ2) is 11.0. The van der Waals surface area contributed by atoms with Crippen molar-refractivity contribution in [2.24, 2.45) is 0 Å². The molecule has 1 saturated heterocycles. The van der Waals surface area contributed by atoms with Crippen molar-refractivity contribution in [2.75, 3.05) is 63.6 Å². The molecule has 5 rings (SSSR count). The van der Waals surface area contributed by atoms with E-state index in [1.807, 2.05) is 32.0 Å². The molecule has 37 heavy (non-hydrogen) atoms. The molecule has 1 N–H and O–H groups in total. The van der Waals surface area contributed by atoms with Gasteiger partial charge in [0, 0.05) is 61.8 Å². The lowest BCUT2D eigenvalue weighted by Crippen LogP contribution is -2.48. The normalized spacial score (nSPS) is 14.6. The maximum atomic E-state index is 6.23. The summed E-state index contributed by atoms with van der Waals surface area (Å²) < 4.78 is 5.42. The third-order valence-electron chi connectivity index (χ3n) is 6.87. The van der Waals surface area contributed by atoms with E-state index in [2.05, 4.69) is 63.5 Å². The molecular formula is C28H34ClN7O. The molecular weight excluding hydrogens is 486 g/mol. The first-order valence-corrected chi connectivity index (χ1v) is 13.1. The van der Waals surface area contributed by atoms with E-state index in [9.17, 15) is 0 Å². The molecule has 0 unspecified atom stereocenters. The van der Waals surface area contributed by atoms with Crippen LogP contribution >= 0.6 is 11.6 Å². The number of rotatable bonds is 8. The third-order valence-corrected chi connectivity index (χ3v) is 7.11. The molecule has 2 aromatic heterocycles. The van der Waals surface area contributed by atoms with Gasteiger partial charge in [-0.15, -0.1) is 0 Å². The minimum absolute atomic E-state index is 0.611. The van der Waals surface area contributed by atoms with Crippen molar-refractivity contribution in [3.8, 4) is 11.1 Å². The third kappa shape index (κ3) is 5.87. The van der Waals surface area contributed by atoms with Crippen molar-refractivity contribution in [1.29, 1.82) is 0 Å². The number of anilines is 2. The molecule has 194 valence electrons. The Morgan fingerprint density at radius 2 is 1.84 bits per heavy atom. The number of hydrogen-bond donors (Lipinski definition) is 1. The average Bonchev–Trinajstić information content (AvgIpc) is 3.23. The van der Waals surface area contributed by atoms with Crippen LogP contribution in [0.5, 0.6) is 0 Å². The molecule has 0 aliphatic carbocycles. The van der Waals surface area contributed by atoms with E-state index in [1.165, 1.54) is 0 Å². The molecule has 0 radical (unpaired) electrons. The van der Waals surface area contributed by atoms with Crippen LogP contribution in [0.1, 0.15) is 17.0 Å². The van der Waals surface area contributed by atoms with E-state index in [4.69, 9.17) is 26.1 Å². The molecule has 1 aliphatic heterocycles. The van der Waals surface area contributed by atoms with E-state index in [0.717, 1.165) is 95.1 Å². The van der Waals surface area contributed by atoms with Gasteiger partial charge >= 0.3 is 0 Å². The van der Waals surface area contributed by atoms with E-state index in [1.54, 1.807) is 0 Å². The van der Waals surface area contributed by atoms with Crippen molar-refractivity contribution in [1.82, 2.24) is 24.9 Å². The predicted molar refractivity (Wildman–Crippen MR) is 150 cm³/mol. The number of aryl methyl sites for hydroxylation is 2. The van der Waals surface area contributed by atoms with Crippen LogP contribution in [-0.4, -0.2) is 78.3 Å². The number of likely N-dealkylation sites (N-methyl/N-ethyl adjacent to an activating group) is 1. The highest BCUT2D eigenvalue weighted by Crippen LogP contribution is 2.32. The average molecular weight is 520 g/mol. The number of halogens is 1. The summed E-state index contributed by atoms with van der Waals surface area (Å²) >= 11 is 6.23. The number of nitrogens with one attached hydrogen (secondary N) is 1. The van der Waals surface area contributed by atoms with E-state index >= 15 is 0 Å². The Labute approximate surface area is 223 Å². The van der Waals surface area contributed by atoms with Gasteiger partial charge in [-0.2, -0.15) is 4.98 Å². The standard InChI is InChI=1S/C28H34ClN7O/c1-19-26(20(2)37-33-19)22-8-9-25-24(17-22)27(30-18-21-6-5-7-23(29)16-21)32-28(31-25)36-14-12-35(13-15-36)11-10-34(3)4/h5-9,16-17H,10-15,18H2,1-4H3,(H,30,31,32). The van der Waals surface area contributed by atoms with E-state index in [0.29, 0.717) is 6.54 Å². The summed E-state index contributed by atoms with van der Waals surface area (Å²) in [6, 6.07) is 14.2. The second-order valence-electron chi connectivity index (χ2n) is 9.92. The number of fused-ring (bicyclic) bond motifs is 1. The van der Waals surface area contributed by atoms with Gasteiger partial charge in [-0.1, -0.05) is 35.0 Å². The van der Waals surface area contributed by atoms with Gasteiger partial charge in [-0.3, -0.25) is 4.90 Å². The summed E-state index contributed by atoms with van der Waals surface area (Å²) in [6.07, 6.45) is 0. The second-order valence-corrected chi connectivity index (χ2v) is 10.4. The minimum atomic E-state index is 0.611. The first-order valence-electron chi connectivity index (χ1n) is 12.7. The van der Waals surface area contributed by atoms with E-state index < -0.39 is 0 Å². The fourth-order valence-electron chi connectivity index (χ4n) is 4.79. The quantitative estimate of drug-likeness (QED) is 0.354. The van der Waals surface area contributed by atoms with Crippen molar-refractivity contribution in [2.45, 2.75) is 20.4 Å². The molecule has 4 aromatic rings. The number of hydrogen-bond acceptors (Lipinski definition) is 8. The monoisotopic (exact) mass is 519 g/mol. The zero-order valence-electron chi connectivity index (χ0n) is 22.0. The van der Waals surface area contributed by atoms with Crippen LogP contribution in [0, 0.1) is 13.8 Å². The maximum absolute atomic E-state index is 6.23. The molecule has 1 fully saturated rings. The van der Waals surface area contributed by atoms with Gasteiger partial charge in [-0.25, -0.2) is 4.98 Å². The summed E-state index contributed by atoms with van der Waals surface area (Å²) in [5, 5.41) is 9.39. The van der Waals surface area contributed by atoms with Crippen LogP contribution in [0.25, 0.3) is 22.0 Å². The summed E-state index contributed by atoms with van der Waals surface area (Å²) in [7, 11) is 4.24. The summed E-state index contributed by atoms with van der Waals surface area (Å²) in [6.45, 7) is 10.5. The number of piperazine rings is 1. The molecule has 0 amide bonds. The van der Waals surface area contributed by atoms with Gasteiger partial charge in [0.25, 0.3) is 0 Å². The van der Waals surface area contributed by atoms with Gasteiger partial charge in [0.1, 0.15) is 11.6 Å². The Balaban J connectivity index is 1.46. The Morgan fingerprint density at radius 1 is 1.03 bits per heavy atom. The SMILES string of the molecule is Cc1noc(C)c1-c1ccc2nc(N3CCN(CCN(C)C)CC3)nc(NCc3cccc(Cl)c3)c2c1. The molecule has 0 spiro atoms. The fraction of sp³-hybridized carbons (Fsp3) is 0.393. The van der Waals surface area contributed by atoms with Crippen LogP contribution in [-0.2, 0) is 6.54 Å². The number of nitrogens with zero attached hydrogens (tertiary/aromatic N) is 6. The van der Waals surface area contributed by atoms with Gasteiger partial charge < -0.3 is 19.6 Å². The lowest BCUT2D eigenvalue weighted by molar-refractivity contribution is 0.229. The highest BCUT2D eigenvalue weighted by Gasteiger charge is 2.21. The van der Waals surface area contributed by atoms with Crippen molar-refractivity contribution < 1.29 is 4.52 Å². The van der Waals surface area contributed by atoms with E-state index in [-0.39, 0.29) is 0 Å². The smallest absolute Gasteiger partial charge is 0.227 e. The van der Waals surface area contributed by atoms with Crippen molar-refractivity contribution in [3.05, 3.63) is 64.5 Å². The zero-order chi connectivity index (χ0) is 25.9. The molecule has 1 aliphatic rings. The van der Waals surface area contributed by atoms with Crippen molar-refractivity contribution in [3.63, 3.8) is 0 Å². The summed E-state index contributed by atoms with van der Waals surface area (Å²) in [5.74, 6) is 2.37. The Kier molecular flexibility index (Phi) is 7.60. The predicted octanol–water partition coefficient (Wildman–Crippen LogP) is 4.85. The number of aromatic nitrogens is 3. The largest absolute Gasteiger partial charge is 0.365 e. The Hall–Kier alpha value is -3.20. The lowest BCUT2D eigenvalue weighted by atomic mass is 10.0. The summed E-state index contributed by atoms with van der Waals surface area (Å²) in [4.78, 5) is 17.0. The van der Waals surface area contributed by atoms with Crippen LogP contribution in [0.15, 0.2) is 47.0 Å². The lowest BCUT2D eigenvalue weighted by Gasteiger charge is -2.35. The van der Waals surface area contributed by atoms with Crippen LogP contribution in [0.4, 0.5) is 11.8 Å². The molecule has 0 bridgehead atoms. The molecule has 3 heterocycles. The van der Waals surface area contributed by atoms with Crippen LogP contribution < -0.4 is 10.2 Å². The molecule has 0 saturated carbocycles. The first kappa shape index (κ1) is 25.4. The molecule has 2 aromatic carbocycles. The van der Waals surface area contributed by atoms with Gasteiger partial charge in [0.2, 0.25) is 5.95 Å². The van der Waals surface area contributed by atoms with Gasteiger partial charge in [0.05, 0.1) is 11.2 Å². The van der Waals surface area contributed by atoms with Crippen molar-refractivity contribution >= 4 is 34.3 Å². The maximum Gasteiger partial charge on any atom is 0.227 e. The Morgan fingerprint density at radius 3 is 2.54 bits per heavy atom. The Bertz CT molecular complexity index is 1360. The van der Waals surface area contributed by atoms with Gasteiger partial charge in [0.15, 0.2) is 0 Å². The summed E-state index contributed by atoms with van der Waals surface area (Å²) in [5.41, 5.74) is 4.93. The first-order chi connectivity index (χ1) is 17.9. The van der Waals surface area contributed by atoms with Crippen LogP contribution in [0.2, 0.25) is 5.02 Å². The zero-order valence-corrected chi connectivity index (χ0v) is 22.7. The molecule has 8 nitrogen and oxygen atoms in total. The highest BCUT2D eigenvalue weighted by molar-refractivity contribution is 6.30.